The van der Waals surface area contributed by atoms with E-state index in [1.165, 1.54) is 12.1 Å². The van der Waals surface area contributed by atoms with E-state index in [-0.39, 0.29) is 16.3 Å². The SMILES string of the molecule is O=C(Nc1cccc(Oc2cccc3[nH]c(=O)[nH]c23)c1)c1cc(Cl)cc(OC(F)(F)F)c1. The average molecular weight is 464 g/mol. The molecule has 0 saturated carbocycles. The minimum atomic E-state index is -4.92. The number of benzene rings is 3. The van der Waals surface area contributed by atoms with Crippen molar-refractivity contribution in [3.8, 4) is 17.2 Å². The van der Waals surface area contributed by atoms with Gasteiger partial charge in [0.05, 0.1) is 5.52 Å². The number of alkyl halides is 3. The highest BCUT2D eigenvalue weighted by molar-refractivity contribution is 6.31. The van der Waals surface area contributed by atoms with E-state index < -0.39 is 18.0 Å². The van der Waals surface area contributed by atoms with E-state index in [1.54, 1.807) is 36.4 Å². The number of carbonyl (C=O) groups is 1. The lowest BCUT2D eigenvalue weighted by Gasteiger charge is -2.12. The molecule has 0 aliphatic rings. The first-order chi connectivity index (χ1) is 15.2. The Bertz CT molecular complexity index is 1360. The number of rotatable bonds is 5. The zero-order valence-electron chi connectivity index (χ0n) is 15.9. The second kappa shape index (κ2) is 8.31. The molecule has 4 rings (SSSR count). The van der Waals surface area contributed by atoms with E-state index in [0.717, 1.165) is 12.1 Å². The molecular formula is C21H13ClF3N3O4. The molecule has 3 aromatic carbocycles. The van der Waals surface area contributed by atoms with Gasteiger partial charge in [-0.15, -0.1) is 13.2 Å². The molecule has 0 radical (unpaired) electrons. The molecule has 4 aromatic rings. The second-order valence-electron chi connectivity index (χ2n) is 6.57. The molecule has 0 fully saturated rings. The summed E-state index contributed by atoms with van der Waals surface area (Å²) in [5, 5.41) is 2.47. The van der Waals surface area contributed by atoms with Gasteiger partial charge in [0.2, 0.25) is 0 Å². The summed E-state index contributed by atoms with van der Waals surface area (Å²) in [6.07, 6.45) is -4.92. The van der Waals surface area contributed by atoms with Gasteiger partial charge in [-0.2, -0.15) is 0 Å². The molecule has 1 aromatic heterocycles. The van der Waals surface area contributed by atoms with Crippen LogP contribution in [0.2, 0.25) is 5.02 Å². The maximum absolute atomic E-state index is 12.5. The van der Waals surface area contributed by atoms with Crippen molar-refractivity contribution >= 4 is 34.2 Å². The Balaban J connectivity index is 1.54. The van der Waals surface area contributed by atoms with Gasteiger partial charge in [-0.25, -0.2) is 4.79 Å². The third kappa shape index (κ3) is 5.03. The van der Waals surface area contributed by atoms with Crippen LogP contribution < -0.4 is 20.5 Å². The van der Waals surface area contributed by atoms with Crippen LogP contribution in [0.25, 0.3) is 11.0 Å². The highest BCUT2D eigenvalue weighted by Crippen LogP contribution is 2.30. The molecule has 0 saturated heterocycles. The molecular weight excluding hydrogens is 451 g/mol. The molecule has 0 atom stereocenters. The van der Waals surface area contributed by atoms with E-state index in [1.807, 2.05) is 0 Å². The lowest BCUT2D eigenvalue weighted by Crippen LogP contribution is -2.18. The third-order valence-electron chi connectivity index (χ3n) is 4.20. The molecule has 11 heteroatoms. The number of hydrogen-bond donors (Lipinski definition) is 3. The van der Waals surface area contributed by atoms with E-state index in [4.69, 9.17) is 16.3 Å². The third-order valence-corrected chi connectivity index (χ3v) is 4.42. The van der Waals surface area contributed by atoms with Gasteiger partial charge in [-0.3, -0.25) is 4.79 Å². The number of carbonyl (C=O) groups excluding carboxylic acids is 1. The number of H-pyrrole nitrogens is 2. The van der Waals surface area contributed by atoms with Crippen LogP contribution in [0, 0.1) is 0 Å². The Labute approximate surface area is 182 Å². The maximum Gasteiger partial charge on any atom is 0.573 e. The van der Waals surface area contributed by atoms with Crippen molar-refractivity contribution in [2.24, 2.45) is 0 Å². The Morgan fingerprint density at radius 2 is 1.75 bits per heavy atom. The summed E-state index contributed by atoms with van der Waals surface area (Å²) in [5.74, 6) is -0.577. The van der Waals surface area contributed by atoms with Crippen molar-refractivity contribution in [1.82, 2.24) is 9.97 Å². The van der Waals surface area contributed by atoms with Gasteiger partial charge in [0, 0.05) is 22.3 Å². The number of anilines is 1. The lowest BCUT2D eigenvalue weighted by atomic mass is 10.2. The average Bonchev–Trinajstić information content (AvgIpc) is 3.08. The molecule has 0 aliphatic heterocycles. The predicted molar refractivity (Wildman–Crippen MR) is 112 cm³/mol. The smallest absolute Gasteiger partial charge is 0.455 e. The number of aromatic nitrogens is 2. The van der Waals surface area contributed by atoms with Crippen LogP contribution in [0.15, 0.2) is 65.5 Å². The summed E-state index contributed by atoms with van der Waals surface area (Å²) < 4.78 is 47.1. The topological polar surface area (TPSA) is 96.2 Å². The summed E-state index contributed by atoms with van der Waals surface area (Å²) in [5.41, 5.74) is 0.851. The van der Waals surface area contributed by atoms with Crippen LogP contribution >= 0.6 is 11.6 Å². The van der Waals surface area contributed by atoms with Gasteiger partial charge in [0.1, 0.15) is 17.0 Å². The van der Waals surface area contributed by atoms with Crippen LogP contribution in [0.5, 0.6) is 17.2 Å². The Hall–Kier alpha value is -3.92. The number of nitrogens with one attached hydrogen (secondary N) is 3. The standard InChI is InChI=1S/C21H13ClF3N3O4/c22-12-7-11(8-15(9-12)32-21(23,24)25)19(29)26-13-3-1-4-14(10-13)31-17-6-2-5-16-18(17)28-20(30)27-16/h1-10H,(H,26,29)(H2,27,28,30). The number of halogens is 4. The quantitative estimate of drug-likeness (QED) is 0.366. The molecule has 3 N–H and O–H groups in total. The molecule has 0 unspecified atom stereocenters. The Morgan fingerprint density at radius 3 is 2.53 bits per heavy atom. The van der Waals surface area contributed by atoms with Gasteiger partial charge in [-0.05, 0) is 42.5 Å². The van der Waals surface area contributed by atoms with Gasteiger partial charge in [0.25, 0.3) is 5.91 Å². The minimum Gasteiger partial charge on any atom is -0.455 e. The predicted octanol–water partition coefficient (Wildman–Crippen LogP) is 5.45. The largest absolute Gasteiger partial charge is 0.573 e. The van der Waals surface area contributed by atoms with Crippen LogP contribution in [0.3, 0.4) is 0 Å². The molecule has 164 valence electrons. The van der Waals surface area contributed by atoms with Crippen molar-refractivity contribution in [3.63, 3.8) is 0 Å². The fourth-order valence-corrected chi connectivity index (χ4v) is 3.20. The first-order valence-electron chi connectivity index (χ1n) is 9.03. The first kappa shape index (κ1) is 21.3. The first-order valence-corrected chi connectivity index (χ1v) is 9.41. The number of imidazole rings is 1. The van der Waals surface area contributed by atoms with E-state index >= 15 is 0 Å². The Kier molecular flexibility index (Phi) is 5.54. The highest BCUT2D eigenvalue weighted by atomic mass is 35.5. The number of ether oxygens (including phenoxy) is 2. The van der Waals surface area contributed by atoms with E-state index in [2.05, 4.69) is 20.0 Å². The Morgan fingerprint density at radius 1 is 0.969 bits per heavy atom. The number of fused-ring (bicyclic) bond motifs is 1. The van der Waals surface area contributed by atoms with Crippen LogP contribution in [0.4, 0.5) is 18.9 Å². The molecule has 0 bridgehead atoms. The summed E-state index contributed by atoms with van der Waals surface area (Å²) in [7, 11) is 0. The molecule has 7 nitrogen and oxygen atoms in total. The highest BCUT2D eigenvalue weighted by Gasteiger charge is 2.31. The van der Waals surface area contributed by atoms with Crippen molar-refractivity contribution in [3.05, 3.63) is 81.7 Å². The zero-order chi connectivity index (χ0) is 22.9. The molecule has 0 spiro atoms. The maximum atomic E-state index is 12.5. The molecule has 32 heavy (non-hydrogen) atoms. The van der Waals surface area contributed by atoms with Crippen molar-refractivity contribution < 1.29 is 27.4 Å². The van der Waals surface area contributed by atoms with Crippen molar-refractivity contribution in [2.45, 2.75) is 6.36 Å². The van der Waals surface area contributed by atoms with Gasteiger partial charge in [0.15, 0.2) is 5.75 Å². The lowest BCUT2D eigenvalue weighted by molar-refractivity contribution is -0.274. The van der Waals surface area contributed by atoms with Gasteiger partial charge >= 0.3 is 12.1 Å². The molecule has 1 amide bonds. The van der Waals surface area contributed by atoms with Crippen molar-refractivity contribution in [1.29, 1.82) is 0 Å². The number of aromatic amines is 2. The molecule has 1 heterocycles. The number of amides is 1. The van der Waals surface area contributed by atoms with E-state index in [0.29, 0.717) is 28.2 Å². The molecule has 0 aliphatic carbocycles. The summed E-state index contributed by atoms with van der Waals surface area (Å²) >= 11 is 5.82. The minimum absolute atomic E-state index is 0.0948. The second-order valence-corrected chi connectivity index (χ2v) is 7.00. The van der Waals surface area contributed by atoms with Crippen LogP contribution in [-0.2, 0) is 0 Å². The normalized spacial score (nSPS) is 11.4. The number of hydrogen-bond acceptors (Lipinski definition) is 4. The van der Waals surface area contributed by atoms with Gasteiger partial charge < -0.3 is 24.8 Å². The summed E-state index contributed by atoms with van der Waals surface area (Å²) in [4.78, 5) is 29.3. The summed E-state index contributed by atoms with van der Waals surface area (Å²) in [6.45, 7) is 0. The summed E-state index contributed by atoms with van der Waals surface area (Å²) in [6, 6.07) is 14.5. The zero-order valence-corrected chi connectivity index (χ0v) is 16.7. The van der Waals surface area contributed by atoms with Crippen LogP contribution in [-0.4, -0.2) is 22.2 Å². The fourth-order valence-electron chi connectivity index (χ4n) is 2.97. The van der Waals surface area contributed by atoms with Crippen LogP contribution in [0.1, 0.15) is 10.4 Å². The van der Waals surface area contributed by atoms with E-state index in [9.17, 15) is 22.8 Å². The number of para-hydroxylation sites is 1. The van der Waals surface area contributed by atoms with Gasteiger partial charge in [-0.1, -0.05) is 23.7 Å². The monoisotopic (exact) mass is 463 g/mol. The fraction of sp³-hybridized carbons (Fsp3) is 0.0476. The van der Waals surface area contributed by atoms with Crippen molar-refractivity contribution in [2.75, 3.05) is 5.32 Å².